The summed E-state index contributed by atoms with van der Waals surface area (Å²) >= 11 is 1.84. The molecule has 3 heterocycles. The first-order chi connectivity index (χ1) is 50.1. The molecule has 0 atom stereocenters. The lowest BCUT2D eigenvalue weighted by molar-refractivity contribution is 0.668. The van der Waals surface area contributed by atoms with Crippen LogP contribution in [-0.2, 0) is 0 Å². The van der Waals surface area contributed by atoms with Crippen LogP contribution < -0.4 is 19.6 Å². The number of fused-ring (bicyclic) bond motifs is 10. The third-order valence-corrected chi connectivity index (χ3v) is 20.2. The van der Waals surface area contributed by atoms with Crippen LogP contribution in [0.1, 0.15) is 0 Å². The Hall–Kier alpha value is -13.2. The van der Waals surface area contributed by atoms with E-state index in [1.54, 1.807) is 0 Å². The van der Waals surface area contributed by atoms with Crippen LogP contribution in [0, 0.1) is 0 Å². The van der Waals surface area contributed by atoms with E-state index in [1.165, 1.54) is 42.1 Å². The van der Waals surface area contributed by atoms with Crippen molar-refractivity contribution < 1.29 is 8.83 Å². The summed E-state index contributed by atoms with van der Waals surface area (Å²) in [5.74, 6) is 0. The fraction of sp³-hybridized carbons (Fsp3) is 0. The van der Waals surface area contributed by atoms with E-state index in [4.69, 9.17) is 8.83 Å². The molecule has 0 saturated heterocycles. The zero-order chi connectivity index (χ0) is 67.0. The third-order valence-electron chi connectivity index (χ3n) is 19.0. The maximum absolute atomic E-state index is 6.67. The monoisotopic (exact) mass is 1310 g/mol. The van der Waals surface area contributed by atoms with Crippen molar-refractivity contribution in [3.63, 3.8) is 0 Å². The van der Waals surface area contributed by atoms with Crippen LogP contribution in [0.5, 0.6) is 0 Å². The van der Waals surface area contributed by atoms with Gasteiger partial charge in [0.05, 0.1) is 27.8 Å². The Bertz CT molecular complexity index is 6060. The molecule has 0 saturated carbocycles. The topological polar surface area (TPSA) is 39.2 Å². The first kappa shape index (κ1) is 60.2. The number of hydrogen-bond acceptors (Lipinski definition) is 7. The molecule has 0 unspecified atom stereocenters. The zero-order valence-electron chi connectivity index (χ0n) is 55.0. The third kappa shape index (κ3) is 11.4. The zero-order valence-corrected chi connectivity index (χ0v) is 55.8. The number of benzene rings is 16. The number of rotatable bonds is 14. The van der Waals surface area contributed by atoms with Gasteiger partial charge in [0.15, 0.2) is 0 Å². The summed E-state index contributed by atoms with van der Waals surface area (Å²) in [7, 11) is 0. The molecular weight excluding hydrogens is 1250 g/mol. The molecule has 6 nitrogen and oxygen atoms in total. The Morgan fingerprint density at radius 1 is 0.188 bits per heavy atom. The van der Waals surface area contributed by atoms with Crippen molar-refractivity contribution in [3.8, 4) is 22.3 Å². The molecule has 0 bridgehead atoms. The Labute approximate surface area is 589 Å². The standard InChI is InChI=1S/C52H36N2O.C42H28N2OS/c1-5-17-37(18-6-1)40-33-41(38-19-7-2-8-20-38)35-45(34-40)54(43-25-11-4-12-26-43)49-29-16-30-51-52(49)47-36-44(31-32-50(47)55-51)53(42-23-9-3-10-24-42)48-28-15-22-39-21-13-14-27-46(39)48;1-4-13-29(14-5-1)43(33-24-26-41-35(27-33)34-19-10-11-22-40(34)46-41)32-23-25-38-36(28-32)42-37(20-12-21-39(42)45-38)44(30-15-6-2-7-16-30)31-17-8-3-9-18-31/h1-36H;1-28H. The van der Waals surface area contributed by atoms with E-state index < -0.39 is 0 Å². The molecule has 0 amide bonds. The number of para-hydroxylation sites is 5. The molecule has 0 radical (unpaired) electrons. The van der Waals surface area contributed by atoms with Crippen molar-refractivity contribution in [1.29, 1.82) is 0 Å². The van der Waals surface area contributed by atoms with Crippen LogP contribution in [0.3, 0.4) is 0 Å². The van der Waals surface area contributed by atoms with E-state index in [0.717, 1.165) is 123 Å². The fourth-order valence-corrected chi connectivity index (χ4v) is 15.5. The minimum atomic E-state index is 0.837. The van der Waals surface area contributed by atoms with Gasteiger partial charge in [-0.1, -0.05) is 218 Å². The molecule has 0 aliphatic carbocycles. The van der Waals surface area contributed by atoms with E-state index >= 15 is 0 Å². The largest absolute Gasteiger partial charge is 0.456 e. The smallest absolute Gasteiger partial charge is 0.137 e. The van der Waals surface area contributed by atoms with Crippen LogP contribution in [0.15, 0.2) is 397 Å². The van der Waals surface area contributed by atoms with Gasteiger partial charge in [0, 0.05) is 87.5 Å². The van der Waals surface area contributed by atoms with Crippen molar-refractivity contribution in [2.75, 3.05) is 19.6 Å². The van der Waals surface area contributed by atoms with Gasteiger partial charge in [-0.3, -0.25) is 0 Å². The predicted octanol–water partition coefficient (Wildman–Crippen LogP) is 27.9. The lowest BCUT2D eigenvalue weighted by atomic mass is 9.97. The number of anilines is 12. The maximum atomic E-state index is 6.67. The average Bonchev–Trinajstić information content (AvgIpc) is 1.64. The van der Waals surface area contributed by atoms with Gasteiger partial charge < -0.3 is 28.4 Å². The van der Waals surface area contributed by atoms with Gasteiger partial charge in [-0.05, 0) is 197 Å². The number of thiophene rings is 1. The molecule has 0 spiro atoms. The van der Waals surface area contributed by atoms with Crippen molar-refractivity contribution in [2.45, 2.75) is 0 Å². The highest BCUT2D eigenvalue weighted by Gasteiger charge is 2.25. The average molecular weight is 1310 g/mol. The Morgan fingerprint density at radius 2 is 0.545 bits per heavy atom. The van der Waals surface area contributed by atoms with Gasteiger partial charge in [-0.15, -0.1) is 11.3 Å². The Balaban J connectivity index is 0.000000147. The van der Waals surface area contributed by atoms with Crippen LogP contribution in [0.4, 0.5) is 68.2 Å². The van der Waals surface area contributed by atoms with Crippen LogP contribution in [0.2, 0.25) is 0 Å². The van der Waals surface area contributed by atoms with E-state index in [1.807, 2.05) is 11.3 Å². The number of furan rings is 2. The van der Waals surface area contributed by atoms with E-state index in [9.17, 15) is 0 Å². The summed E-state index contributed by atoms with van der Waals surface area (Å²) in [6.07, 6.45) is 0. The molecular formula is C94H64N4O2S. The molecule has 0 N–H and O–H groups in total. The molecule has 19 rings (SSSR count). The first-order valence-electron chi connectivity index (χ1n) is 34.1. The summed E-state index contributed by atoms with van der Waals surface area (Å²) in [4.78, 5) is 9.39. The van der Waals surface area contributed by atoms with Crippen LogP contribution >= 0.6 is 11.3 Å². The number of hydrogen-bond donors (Lipinski definition) is 0. The van der Waals surface area contributed by atoms with Gasteiger partial charge in [0.2, 0.25) is 0 Å². The van der Waals surface area contributed by atoms with Crippen molar-refractivity contribution in [2.24, 2.45) is 0 Å². The molecule has 16 aromatic carbocycles. The van der Waals surface area contributed by atoms with E-state index in [0.29, 0.717) is 0 Å². The lowest BCUT2D eigenvalue weighted by Crippen LogP contribution is -2.11. The highest BCUT2D eigenvalue weighted by Crippen LogP contribution is 2.50. The molecule has 0 aliphatic heterocycles. The Kier molecular flexibility index (Phi) is 15.7. The first-order valence-corrected chi connectivity index (χ1v) is 34.9. The number of nitrogens with zero attached hydrogens (tertiary/aromatic N) is 4. The fourth-order valence-electron chi connectivity index (χ4n) is 14.4. The minimum absolute atomic E-state index is 0.837. The molecule has 478 valence electrons. The van der Waals surface area contributed by atoms with Gasteiger partial charge in [-0.25, -0.2) is 0 Å². The van der Waals surface area contributed by atoms with Crippen molar-refractivity contribution in [1.82, 2.24) is 0 Å². The summed E-state index contributed by atoms with van der Waals surface area (Å²) in [5.41, 5.74) is 21.0. The van der Waals surface area contributed by atoms with Gasteiger partial charge in [0.25, 0.3) is 0 Å². The normalized spacial score (nSPS) is 11.4. The molecule has 19 aromatic rings. The Morgan fingerprint density at radius 3 is 1.05 bits per heavy atom. The summed E-state index contributed by atoms with van der Waals surface area (Å²) in [6.45, 7) is 0. The SMILES string of the molecule is c1ccc(-c2cc(-c3ccccc3)cc(N(c3ccccc3)c3cccc4oc5ccc(N(c6ccccc6)c6cccc7ccccc67)cc5c34)c2)cc1.c1ccc(N(c2ccc3sc4ccccc4c3c2)c2ccc3oc4cccc(N(c5ccccc5)c5ccccc5)c4c3c2)cc1. The van der Waals surface area contributed by atoms with Crippen LogP contribution in [0.25, 0.3) is 97.1 Å². The molecule has 3 aromatic heterocycles. The van der Waals surface area contributed by atoms with Gasteiger partial charge in [-0.2, -0.15) is 0 Å². The van der Waals surface area contributed by atoms with Crippen molar-refractivity contribution >= 4 is 154 Å². The van der Waals surface area contributed by atoms with Crippen molar-refractivity contribution in [3.05, 3.63) is 388 Å². The second kappa shape index (κ2) is 26.3. The second-order valence-corrected chi connectivity index (χ2v) is 26.2. The highest BCUT2D eigenvalue weighted by atomic mass is 32.1. The summed E-state index contributed by atoms with van der Waals surface area (Å²) < 4.78 is 15.8. The summed E-state index contributed by atoms with van der Waals surface area (Å²) in [5, 5.41) is 9.21. The molecule has 101 heavy (non-hydrogen) atoms. The van der Waals surface area contributed by atoms with Crippen LogP contribution in [-0.4, -0.2) is 0 Å². The predicted molar refractivity (Wildman–Crippen MR) is 427 cm³/mol. The van der Waals surface area contributed by atoms with Gasteiger partial charge >= 0.3 is 0 Å². The highest BCUT2D eigenvalue weighted by molar-refractivity contribution is 7.25. The summed E-state index contributed by atoms with van der Waals surface area (Å²) in [6, 6.07) is 138. The van der Waals surface area contributed by atoms with E-state index in [-0.39, 0.29) is 0 Å². The lowest BCUT2D eigenvalue weighted by Gasteiger charge is -2.28. The minimum Gasteiger partial charge on any atom is -0.456 e. The molecule has 0 fully saturated rings. The van der Waals surface area contributed by atoms with E-state index in [2.05, 4.69) is 408 Å². The maximum Gasteiger partial charge on any atom is 0.137 e. The molecule has 0 aliphatic rings. The second-order valence-electron chi connectivity index (χ2n) is 25.2. The van der Waals surface area contributed by atoms with Gasteiger partial charge in [0.1, 0.15) is 22.3 Å². The molecule has 7 heteroatoms. The quantitative estimate of drug-likeness (QED) is 0.108.